The first-order valence-corrected chi connectivity index (χ1v) is 10.1. The van der Waals surface area contributed by atoms with E-state index in [1.165, 1.54) is 42.5 Å². The first-order valence-electron chi connectivity index (χ1n) is 10.1. The molecule has 1 aliphatic heterocycles. The minimum Gasteiger partial charge on any atom is -0.379 e. The van der Waals surface area contributed by atoms with Crippen LogP contribution in [-0.2, 0) is 24.2 Å². The smallest absolute Gasteiger partial charge is 0.0760 e. The molecule has 0 unspecified atom stereocenters. The summed E-state index contributed by atoms with van der Waals surface area (Å²) in [6.07, 6.45) is 12.4. The van der Waals surface area contributed by atoms with E-state index < -0.39 is 0 Å². The van der Waals surface area contributed by atoms with Crippen LogP contribution in [0, 0.1) is 11.8 Å². The van der Waals surface area contributed by atoms with E-state index in [1.807, 2.05) is 18.5 Å². The van der Waals surface area contributed by atoms with Gasteiger partial charge in [-0.25, -0.2) is 0 Å². The first kappa shape index (κ1) is 16.5. The Balaban J connectivity index is 1.37. The van der Waals surface area contributed by atoms with Gasteiger partial charge >= 0.3 is 0 Å². The van der Waals surface area contributed by atoms with Gasteiger partial charge in [-0.3, -0.25) is 14.6 Å². The van der Waals surface area contributed by atoms with E-state index in [0.29, 0.717) is 6.04 Å². The van der Waals surface area contributed by atoms with Gasteiger partial charge in [-0.05, 0) is 61.1 Å². The highest BCUT2D eigenvalue weighted by Crippen LogP contribution is 2.36. The Hall–Kier alpha value is -1.72. The Labute approximate surface area is 155 Å². The molecular formula is C21H28N4O. The molecule has 3 heterocycles. The van der Waals surface area contributed by atoms with Crippen LogP contribution < -0.4 is 0 Å². The maximum atomic E-state index is 6.17. The molecule has 3 aliphatic rings. The van der Waals surface area contributed by atoms with E-state index in [4.69, 9.17) is 9.84 Å². The molecule has 2 aromatic heterocycles. The van der Waals surface area contributed by atoms with Crippen molar-refractivity contribution < 1.29 is 4.74 Å². The molecule has 5 rings (SSSR count). The van der Waals surface area contributed by atoms with Gasteiger partial charge in [0.2, 0.25) is 0 Å². The molecule has 0 amide bonds. The number of ether oxygens (including phenoxy) is 1. The highest BCUT2D eigenvalue weighted by molar-refractivity contribution is 5.26. The third-order valence-corrected chi connectivity index (χ3v) is 5.95. The molecule has 138 valence electrons. The van der Waals surface area contributed by atoms with Crippen molar-refractivity contribution in [2.75, 3.05) is 19.8 Å². The lowest BCUT2D eigenvalue weighted by molar-refractivity contribution is 0.0406. The van der Waals surface area contributed by atoms with E-state index in [1.54, 1.807) is 0 Å². The Morgan fingerprint density at radius 2 is 1.96 bits per heavy atom. The number of pyridine rings is 1. The van der Waals surface area contributed by atoms with Gasteiger partial charge in [-0.1, -0.05) is 6.07 Å². The molecular weight excluding hydrogens is 324 g/mol. The minimum absolute atomic E-state index is 0.305. The van der Waals surface area contributed by atoms with Crippen LogP contribution in [0.3, 0.4) is 0 Å². The van der Waals surface area contributed by atoms with Crippen molar-refractivity contribution in [2.45, 2.75) is 51.2 Å². The molecule has 5 heteroatoms. The van der Waals surface area contributed by atoms with Crippen molar-refractivity contribution in [1.29, 1.82) is 0 Å². The summed E-state index contributed by atoms with van der Waals surface area (Å²) in [5, 5.41) is 4.75. The molecule has 0 saturated heterocycles. The highest BCUT2D eigenvalue weighted by Gasteiger charge is 2.34. The zero-order valence-corrected chi connectivity index (χ0v) is 15.4. The summed E-state index contributed by atoms with van der Waals surface area (Å²) in [6, 6.07) is 4.51. The average molecular weight is 352 g/mol. The van der Waals surface area contributed by atoms with Gasteiger partial charge in [0.15, 0.2) is 0 Å². The fourth-order valence-corrected chi connectivity index (χ4v) is 4.03. The van der Waals surface area contributed by atoms with Crippen molar-refractivity contribution in [3.63, 3.8) is 0 Å². The average Bonchev–Trinajstić information content (AvgIpc) is 3.58. The lowest BCUT2D eigenvalue weighted by atomic mass is 9.99. The first-order chi connectivity index (χ1) is 12.9. The second kappa shape index (κ2) is 7.12. The maximum Gasteiger partial charge on any atom is 0.0760 e. The Morgan fingerprint density at radius 3 is 2.73 bits per heavy atom. The lowest BCUT2D eigenvalue weighted by Crippen LogP contribution is -2.38. The fraction of sp³-hybridized carbons (Fsp3) is 0.619. The summed E-state index contributed by atoms with van der Waals surface area (Å²) in [6.45, 7) is 4.77. The molecule has 0 spiro atoms. The Bertz CT molecular complexity index is 736. The Morgan fingerprint density at radius 1 is 1.08 bits per heavy atom. The van der Waals surface area contributed by atoms with E-state index in [9.17, 15) is 0 Å². The molecule has 1 atom stereocenters. The monoisotopic (exact) mass is 352 g/mol. The van der Waals surface area contributed by atoms with Gasteiger partial charge < -0.3 is 4.74 Å². The lowest BCUT2D eigenvalue weighted by Gasteiger charge is -2.36. The van der Waals surface area contributed by atoms with E-state index in [2.05, 4.69) is 26.8 Å². The van der Waals surface area contributed by atoms with Crippen molar-refractivity contribution in [3.8, 4) is 0 Å². The summed E-state index contributed by atoms with van der Waals surface area (Å²) < 4.78 is 8.45. The molecule has 0 radical (unpaired) electrons. The van der Waals surface area contributed by atoms with Gasteiger partial charge in [-0.15, -0.1) is 0 Å². The van der Waals surface area contributed by atoms with Gasteiger partial charge in [0.05, 0.1) is 24.5 Å². The fourth-order valence-electron chi connectivity index (χ4n) is 4.03. The van der Waals surface area contributed by atoms with Crippen LogP contribution in [0.15, 0.2) is 30.7 Å². The van der Waals surface area contributed by atoms with Gasteiger partial charge in [-0.2, -0.15) is 5.10 Å². The Kier molecular flexibility index (Phi) is 4.51. The largest absolute Gasteiger partial charge is 0.379 e. The highest BCUT2D eigenvalue weighted by atomic mass is 16.5. The predicted molar refractivity (Wildman–Crippen MR) is 99.6 cm³/mol. The quantitative estimate of drug-likeness (QED) is 0.732. The van der Waals surface area contributed by atoms with Gasteiger partial charge in [0.25, 0.3) is 0 Å². The molecule has 26 heavy (non-hydrogen) atoms. The molecule has 2 saturated carbocycles. The molecule has 2 fully saturated rings. The molecule has 2 aromatic rings. The molecule has 2 aliphatic carbocycles. The molecule has 0 aromatic carbocycles. The van der Waals surface area contributed by atoms with Crippen molar-refractivity contribution in [3.05, 3.63) is 47.5 Å². The standard InChI is InChI=1S/C21H28N4O/c1-2-18(10-22-8-1)12-24-9-7-19-11-23-25(13-16-3-4-16)21(19)20(24)15-26-14-17-5-6-17/h1-2,8,10-11,16-17,20H,3-7,9,12-15H2/t20-/m0/s1. The number of hydrogen-bond acceptors (Lipinski definition) is 4. The summed E-state index contributed by atoms with van der Waals surface area (Å²) in [4.78, 5) is 6.86. The number of fused-ring (bicyclic) bond motifs is 1. The second-order valence-electron chi connectivity index (χ2n) is 8.26. The zero-order valence-electron chi connectivity index (χ0n) is 15.4. The number of nitrogens with zero attached hydrogens (tertiary/aromatic N) is 4. The maximum absolute atomic E-state index is 6.17. The van der Waals surface area contributed by atoms with Crippen LogP contribution in [-0.4, -0.2) is 39.4 Å². The minimum atomic E-state index is 0.305. The predicted octanol–water partition coefficient (Wildman–Crippen LogP) is 3.21. The summed E-state index contributed by atoms with van der Waals surface area (Å²) >= 11 is 0. The van der Waals surface area contributed by atoms with Gasteiger partial charge in [0, 0.05) is 38.6 Å². The SMILES string of the molecule is c1cncc(CN2CCc3cnn(CC4CC4)c3[C@@H]2COCC2CC2)c1. The molecule has 0 N–H and O–H groups in total. The van der Waals surface area contributed by atoms with Crippen LogP contribution in [0.4, 0.5) is 0 Å². The summed E-state index contributed by atoms with van der Waals surface area (Å²) in [5.74, 6) is 1.64. The number of rotatable bonds is 8. The number of hydrogen-bond donors (Lipinski definition) is 0. The van der Waals surface area contributed by atoms with Gasteiger partial charge in [0.1, 0.15) is 0 Å². The van der Waals surface area contributed by atoms with Crippen molar-refractivity contribution >= 4 is 0 Å². The van der Waals surface area contributed by atoms with Crippen molar-refractivity contribution in [1.82, 2.24) is 19.7 Å². The zero-order chi connectivity index (χ0) is 17.3. The normalized spacial score (nSPS) is 23.2. The summed E-state index contributed by atoms with van der Waals surface area (Å²) in [7, 11) is 0. The van der Waals surface area contributed by atoms with Crippen molar-refractivity contribution in [2.24, 2.45) is 11.8 Å². The van der Waals surface area contributed by atoms with Crippen LogP contribution in [0.5, 0.6) is 0 Å². The van der Waals surface area contributed by atoms with Crippen LogP contribution in [0.25, 0.3) is 0 Å². The summed E-state index contributed by atoms with van der Waals surface area (Å²) in [5.41, 5.74) is 4.10. The number of aromatic nitrogens is 3. The topological polar surface area (TPSA) is 43.2 Å². The molecule has 0 bridgehead atoms. The van der Waals surface area contributed by atoms with E-state index >= 15 is 0 Å². The molecule has 5 nitrogen and oxygen atoms in total. The third kappa shape index (κ3) is 3.69. The van der Waals surface area contributed by atoms with Crippen LogP contribution in [0.2, 0.25) is 0 Å². The van der Waals surface area contributed by atoms with Crippen LogP contribution in [0.1, 0.15) is 48.5 Å². The second-order valence-corrected chi connectivity index (χ2v) is 8.26. The van der Waals surface area contributed by atoms with E-state index in [0.717, 1.165) is 51.1 Å². The van der Waals surface area contributed by atoms with Crippen LogP contribution >= 0.6 is 0 Å². The third-order valence-electron chi connectivity index (χ3n) is 5.95. The van der Waals surface area contributed by atoms with E-state index in [-0.39, 0.29) is 0 Å².